The lowest BCUT2D eigenvalue weighted by Crippen LogP contribution is -2.26. The maximum absolute atomic E-state index is 10.0. The van der Waals surface area contributed by atoms with Crippen LogP contribution in [0.5, 0.6) is 0 Å². The average molecular weight is 235 g/mol. The monoisotopic (exact) mass is 235 g/mol. The molecule has 1 aromatic rings. The van der Waals surface area contributed by atoms with E-state index < -0.39 is 0 Å². The molecule has 0 saturated carbocycles. The number of aliphatic hydroxyl groups is 1. The summed E-state index contributed by atoms with van der Waals surface area (Å²) in [5.74, 6) is 0.730. The molecule has 0 fully saturated rings. The Morgan fingerprint density at radius 3 is 2.47 bits per heavy atom. The van der Waals surface area contributed by atoms with Crippen molar-refractivity contribution in [2.24, 2.45) is 5.92 Å². The zero-order valence-corrected chi connectivity index (χ0v) is 11.3. The van der Waals surface area contributed by atoms with E-state index in [4.69, 9.17) is 0 Å². The molecule has 1 aromatic carbocycles. The normalized spacial score (nSPS) is 14.9. The SMILES string of the molecule is CCC(C)CN(C)CCC(O)c1ccccc1. The first-order valence-electron chi connectivity index (χ1n) is 6.55. The van der Waals surface area contributed by atoms with Crippen LogP contribution in [-0.2, 0) is 0 Å². The molecule has 2 nitrogen and oxygen atoms in total. The zero-order chi connectivity index (χ0) is 12.7. The van der Waals surface area contributed by atoms with Gasteiger partial charge in [-0.2, -0.15) is 0 Å². The molecular weight excluding hydrogens is 210 g/mol. The molecule has 1 rings (SSSR count). The Hall–Kier alpha value is -0.860. The predicted octanol–water partition coefficient (Wildman–Crippen LogP) is 3.09. The molecule has 0 amide bonds. The van der Waals surface area contributed by atoms with Crippen LogP contribution in [0, 0.1) is 5.92 Å². The summed E-state index contributed by atoms with van der Waals surface area (Å²) in [5, 5.41) is 10.0. The highest BCUT2D eigenvalue weighted by molar-refractivity contribution is 5.17. The Balaban J connectivity index is 2.31. The number of benzene rings is 1. The first-order valence-corrected chi connectivity index (χ1v) is 6.55. The number of hydrogen-bond acceptors (Lipinski definition) is 2. The van der Waals surface area contributed by atoms with Gasteiger partial charge in [0.15, 0.2) is 0 Å². The number of rotatable bonds is 7. The third-order valence-electron chi connectivity index (χ3n) is 3.29. The quantitative estimate of drug-likeness (QED) is 0.785. The minimum Gasteiger partial charge on any atom is -0.388 e. The summed E-state index contributed by atoms with van der Waals surface area (Å²) < 4.78 is 0. The fraction of sp³-hybridized carbons (Fsp3) is 0.600. The maximum Gasteiger partial charge on any atom is 0.0802 e. The van der Waals surface area contributed by atoms with Gasteiger partial charge in [0.25, 0.3) is 0 Å². The summed E-state index contributed by atoms with van der Waals surface area (Å²) in [4.78, 5) is 2.31. The molecule has 0 saturated heterocycles. The largest absolute Gasteiger partial charge is 0.388 e. The summed E-state index contributed by atoms with van der Waals surface area (Å²) in [6, 6.07) is 9.90. The van der Waals surface area contributed by atoms with Crippen LogP contribution in [0.1, 0.15) is 38.4 Å². The van der Waals surface area contributed by atoms with Gasteiger partial charge >= 0.3 is 0 Å². The Morgan fingerprint density at radius 1 is 1.24 bits per heavy atom. The van der Waals surface area contributed by atoms with Gasteiger partial charge in [-0.15, -0.1) is 0 Å². The average Bonchev–Trinajstić information content (AvgIpc) is 2.36. The third-order valence-corrected chi connectivity index (χ3v) is 3.29. The van der Waals surface area contributed by atoms with Gasteiger partial charge in [-0.1, -0.05) is 50.6 Å². The molecule has 0 radical (unpaired) electrons. The van der Waals surface area contributed by atoms with E-state index in [0.29, 0.717) is 0 Å². The lowest BCUT2D eigenvalue weighted by atomic mass is 10.1. The number of hydrogen-bond donors (Lipinski definition) is 1. The van der Waals surface area contributed by atoms with Crippen molar-refractivity contribution in [1.82, 2.24) is 4.90 Å². The van der Waals surface area contributed by atoms with Crippen molar-refractivity contribution in [2.45, 2.75) is 32.8 Å². The van der Waals surface area contributed by atoms with E-state index in [1.807, 2.05) is 30.3 Å². The summed E-state index contributed by atoms with van der Waals surface area (Å²) in [5.41, 5.74) is 1.02. The molecule has 2 unspecified atom stereocenters. The van der Waals surface area contributed by atoms with E-state index in [-0.39, 0.29) is 6.10 Å². The van der Waals surface area contributed by atoms with Crippen molar-refractivity contribution in [3.05, 3.63) is 35.9 Å². The molecule has 2 heteroatoms. The number of nitrogens with zero attached hydrogens (tertiary/aromatic N) is 1. The second-order valence-corrected chi connectivity index (χ2v) is 4.99. The number of aliphatic hydroxyl groups excluding tert-OH is 1. The Kier molecular flexibility index (Phi) is 6.23. The molecule has 1 N–H and O–H groups in total. The van der Waals surface area contributed by atoms with E-state index in [1.165, 1.54) is 6.42 Å². The highest BCUT2D eigenvalue weighted by atomic mass is 16.3. The molecule has 0 aromatic heterocycles. The van der Waals surface area contributed by atoms with Crippen LogP contribution >= 0.6 is 0 Å². The fourth-order valence-electron chi connectivity index (χ4n) is 1.94. The van der Waals surface area contributed by atoms with Crippen molar-refractivity contribution < 1.29 is 5.11 Å². The van der Waals surface area contributed by atoms with Gasteiger partial charge in [0.05, 0.1) is 6.10 Å². The molecule has 0 heterocycles. The van der Waals surface area contributed by atoms with Gasteiger partial charge in [-0.05, 0) is 24.9 Å². The topological polar surface area (TPSA) is 23.5 Å². The first-order chi connectivity index (χ1) is 8.13. The third kappa shape index (κ3) is 5.33. The van der Waals surface area contributed by atoms with Gasteiger partial charge in [0.1, 0.15) is 0 Å². The molecule has 0 aliphatic carbocycles. The minimum absolute atomic E-state index is 0.337. The van der Waals surface area contributed by atoms with Crippen LogP contribution in [0.25, 0.3) is 0 Å². The Morgan fingerprint density at radius 2 is 1.88 bits per heavy atom. The standard InChI is InChI=1S/C15H25NO/c1-4-13(2)12-16(3)11-10-15(17)14-8-6-5-7-9-14/h5-9,13,15,17H,4,10-12H2,1-3H3. The van der Waals surface area contributed by atoms with E-state index in [1.54, 1.807) is 0 Å². The minimum atomic E-state index is -0.337. The van der Waals surface area contributed by atoms with Crippen LogP contribution in [0.15, 0.2) is 30.3 Å². The van der Waals surface area contributed by atoms with Gasteiger partial charge in [-0.3, -0.25) is 0 Å². The zero-order valence-electron chi connectivity index (χ0n) is 11.3. The van der Waals surface area contributed by atoms with Crippen molar-refractivity contribution in [3.8, 4) is 0 Å². The fourth-order valence-corrected chi connectivity index (χ4v) is 1.94. The molecule has 0 aliphatic heterocycles. The lowest BCUT2D eigenvalue weighted by molar-refractivity contribution is 0.145. The molecule has 0 bridgehead atoms. The van der Waals surface area contributed by atoms with E-state index in [0.717, 1.165) is 31.0 Å². The van der Waals surface area contributed by atoms with Crippen LogP contribution in [0.2, 0.25) is 0 Å². The highest BCUT2D eigenvalue weighted by Gasteiger charge is 2.09. The summed E-state index contributed by atoms with van der Waals surface area (Å²) in [6.07, 6.45) is 1.68. The van der Waals surface area contributed by atoms with E-state index >= 15 is 0 Å². The van der Waals surface area contributed by atoms with E-state index in [9.17, 15) is 5.11 Å². The van der Waals surface area contributed by atoms with Crippen LogP contribution < -0.4 is 0 Å². The van der Waals surface area contributed by atoms with Gasteiger partial charge in [0, 0.05) is 13.1 Å². The summed E-state index contributed by atoms with van der Waals surface area (Å²) in [6.45, 7) is 6.54. The van der Waals surface area contributed by atoms with Gasteiger partial charge < -0.3 is 10.0 Å². The van der Waals surface area contributed by atoms with Gasteiger partial charge in [-0.25, -0.2) is 0 Å². The molecule has 17 heavy (non-hydrogen) atoms. The van der Waals surface area contributed by atoms with Crippen molar-refractivity contribution in [1.29, 1.82) is 0 Å². The molecule has 0 aliphatic rings. The van der Waals surface area contributed by atoms with Crippen LogP contribution in [0.3, 0.4) is 0 Å². The van der Waals surface area contributed by atoms with Crippen LogP contribution in [-0.4, -0.2) is 30.1 Å². The molecule has 0 spiro atoms. The van der Waals surface area contributed by atoms with E-state index in [2.05, 4.69) is 25.8 Å². The first kappa shape index (κ1) is 14.2. The smallest absolute Gasteiger partial charge is 0.0802 e. The Bertz CT molecular complexity index is 299. The summed E-state index contributed by atoms with van der Waals surface area (Å²) >= 11 is 0. The van der Waals surface area contributed by atoms with Crippen molar-refractivity contribution in [2.75, 3.05) is 20.1 Å². The second-order valence-electron chi connectivity index (χ2n) is 4.99. The Labute approximate surface area is 105 Å². The highest BCUT2D eigenvalue weighted by Crippen LogP contribution is 2.16. The molecule has 96 valence electrons. The second kappa shape index (κ2) is 7.46. The van der Waals surface area contributed by atoms with Crippen molar-refractivity contribution in [3.63, 3.8) is 0 Å². The predicted molar refractivity (Wildman–Crippen MR) is 73.0 cm³/mol. The van der Waals surface area contributed by atoms with Crippen molar-refractivity contribution >= 4 is 0 Å². The van der Waals surface area contributed by atoms with Gasteiger partial charge in [0.2, 0.25) is 0 Å². The molecular formula is C15H25NO. The molecule has 2 atom stereocenters. The lowest BCUT2D eigenvalue weighted by Gasteiger charge is -2.21. The summed E-state index contributed by atoms with van der Waals surface area (Å²) in [7, 11) is 2.13. The van der Waals surface area contributed by atoms with Crippen LogP contribution in [0.4, 0.5) is 0 Å². The maximum atomic E-state index is 10.0.